The van der Waals surface area contributed by atoms with Gasteiger partial charge in [0.2, 0.25) is 0 Å². The van der Waals surface area contributed by atoms with Gasteiger partial charge in [0.15, 0.2) is 0 Å². The summed E-state index contributed by atoms with van der Waals surface area (Å²) in [4.78, 5) is 13.1. The van der Waals surface area contributed by atoms with Gasteiger partial charge in [-0.3, -0.25) is 0 Å². The van der Waals surface area contributed by atoms with Crippen LogP contribution in [-0.4, -0.2) is 24.1 Å². The molecule has 0 spiro atoms. The Kier molecular flexibility index (Phi) is 6.15. The van der Waals surface area contributed by atoms with E-state index in [1.807, 2.05) is 61.5 Å². The molecule has 22 heavy (non-hydrogen) atoms. The smallest absolute Gasteiger partial charge is 0.420 e. The normalized spacial score (nSPS) is 10.1. The van der Waals surface area contributed by atoms with Crippen LogP contribution in [0.1, 0.15) is 12.5 Å². The molecule has 0 aliphatic heterocycles. The molecule has 0 bridgehead atoms. The van der Waals surface area contributed by atoms with Crippen molar-refractivity contribution in [1.29, 1.82) is 0 Å². The first kappa shape index (κ1) is 16.2. The summed E-state index contributed by atoms with van der Waals surface area (Å²) in [5.74, 6) is 0.791. The number of carbonyl (C=O) groups is 1. The zero-order valence-electron chi connectivity index (χ0n) is 12.7. The van der Waals surface area contributed by atoms with Crippen molar-refractivity contribution in [1.82, 2.24) is 4.31 Å². The molecule has 0 saturated heterocycles. The molecule has 0 radical (unpaired) electrons. The molecule has 1 amide bonds. The van der Waals surface area contributed by atoms with Crippen molar-refractivity contribution < 1.29 is 14.3 Å². The van der Waals surface area contributed by atoms with E-state index >= 15 is 0 Å². The van der Waals surface area contributed by atoms with Gasteiger partial charge >= 0.3 is 6.09 Å². The van der Waals surface area contributed by atoms with E-state index in [0.29, 0.717) is 6.54 Å². The molecule has 0 aliphatic rings. The molecular weight excluding hydrogens is 298 g/mol. The minimum atomic E-state index is -0.341. The quantitative estimate of drug-likeness (QED) is 0.742. The van der Waals surface area contributed by atoms with Crippen LogP contribution in [0, 0.1) is 0 Å². The highest BCUT2D eigenvalue weighted by Crippen LogP contribution is 2.25. The Morgan fingerprint density at radius 2 is 1.77 bits per heavy atom. The van der Waals surface area contributed by atoms with E-state index in [0.717, 1.165) is 16.2 Å². The van der Waals surface area contributed by atoms with Gasteiger partial charge in [-0.2, -0.15) is 0 Å². The van der Waals surface area contributed by atoms with Crippen molar-refractivity contribution in [3.05, 3.63) is 60.2 Å². The van der Waals surface area contributed by atoms with Crippen LogP contribution in [0.15, 0.2) is 59.5 Å². The molecule has 2 aromatic carbocycles. The largest absolute Gasteiger partial charge is 0.497 e. The maximum absolute atomic E-state index is 12.1. The van der Waals surface area contributed by atoms with Crippen LogP contribution in [0.5, 0.6) is 5.75 Å². The predicted octanol–water partition coefficient (Wildman–Crippen LogP) is 4.36. The highest BCUT2D eigenvalue weighted by molar-refractivity contribution is 7.97. The lowest BCUT2D eigenvalue weighted by Gasteiger charge is -2.19. The van der Waals surface area contributed by atoms with Gasteiger partial charge in [0.25, 0.3) is 0 Å². The van der Waals surface area contributed by atoms with Gasteiger partial charge in [-0.05, 0) is 48.7 Å². The first-order chi connectivity index (χ1) is 10.7. The molecule has 0 aromatic heterocycles. The summed E-state index contributed by atoms with van der Waals surface area (Å²) in [7, 11) is 1.63. The fourth-order valence-corrected chi connectivity index (χ4v) is 2.55. The van der Waals surface area contributed by atoms with E-state index in [1.165, 1.54) is 11.9 Å². The molecule has 116 valence electrons. The van der Waals surface area contributed by atoms with E-state index in [2.05, 4.69) is 0 Å². The monoisotopic (exact) mass is 317 g/mol. The Morgan fingerprint density at radius 1 is 1.09 bits per heavy atom. The minimum Gasteiger partial charge on any atom is -0.497 e. The number of rotatable bonds is 6. The number of hydrogen-bond acceptors (Lipinski definition) is 4. The molecule has 0 N–H and O–H groups in total. The fraction of sp³-hybridized carbons (Fsp3) is 0.235. The maximum Gasteiger partial charge on any atom is 0.420 e. The van der Waals surface area contributed by atoms with Crippen LogP contribution in [-0.2, 0) is 11.3 Å². The Bertz CT molecular complexity index is 587. The Morgan fingerprint density at radius 3 is 2.36 bits per heavy atom. The molecule has 0 saturated carbocycles. The first-order valence-electron chi connectivity index (χ1n) is 7.03. The van der Waals surface area contributed by atoms with Gasteiger partial charge in [0.1, 0.15) is 12.4 Å². The third kappa shape index (κ3) is 4.70. The minimum absolute atomic E-state index is 0.277. The van der Waals surface area contributed by atoms with Gasteiger partial charge in [0, 0.05) is 11.4 Å². The lowest BCUT2D eigenvalue weighted by atomic mass is 10.2. The van der Waals surface area contributed by atoms with Crippen molar-refractivity contribution >= 4 is 18.0 Å². The van der Waals surface area contributed by atoms with Gasteiger partial charge in [-0.25, -0.2) is 9.10 Å². The summed E-state index contributed by atoms with van der Waals surface area (Å²) in [5, 5.41) is 0. The molecule has 0 fully saturated rings. The zero-order chi connectivity index (χ0) is 15.8. The van der Waals surface area contributed by atoms with Crippen LogP contribution in [0.2, 0.25) is 0 Å². The fourth-order valence-electron chi connectivity index (χ4n) is 1.79. The number of benzene rings is 2. The molecule has 4 nitrogen and oxygen atoms in total. The molecule has 2 aromatic rings. The van der Waals surface area contributed by atoms with Crippen molar-refractivity contribution in [2.24, 2.45) is 0 Å². The van der Waals surface area contributed by atoms with Gasteiger partial charge < -0.3 is 9.47 Å². The van der Waals surface area contributed by atoms with Gasteiger partial charge in [0.05, 0.1) is 7.11 Å². The van der Waals surface area contributed by atoms with Crippen LogP contribution in [0.3, 0.4) is 0 Å². The number of nitrogens with zero attached hydrogens (tertiary/aromatic N) is 1. The highest BCUT2D eigenvalue weighted by atomic mass is 32.2. The summed E-state index contributed by atoms with van der Waals surface area (Å²) in [6.07, 6.45) is -0.341. The van der Waals surface area contributed by atoms with Crippen LogP contribution >= 0.6 is 11.9 Å². The van der Waals surface area contributed by atoms with E-state index in [1.54, 1.807) is 11.4 Å². The van der Waals surface area contributed by atoms with Crippen molar-refractivity contribution in [2.45, 2.75) is 18.4 Å². The van der Waals surface area contributed by atoms with Crippen LogP contribution in [0.4, 0.5) is 4.79 Å². The van der Waals surface area contributed by atoms with E-state index < -0.39 is 0 Å². The Labute approximate surface area is 135 Å². The second-order valence-corrected chi connectivity index (χ2v) is 5.60. The molecular formula is C17H19NO3S. The number of carbonyl (C=O) groups excluding carboxylic acids is 1. The summed E-state index contributed by atoms with van der Waals surface area (Å²) >= 11 is 1.35. The number of methoxy groups -OCH3 is 1. The van der Waals surface area contributed by atoms with E-state index in [4.69, 9.17) is 9.47 Å². The van der Waals surface area contributed by atoms with Gasteiger partial charge in [-0.1, -0.05) is 30.3 Å². The average molecular weight is 317 g/mol. The molecule has 2 rings (SSSR count). The SMILES string of the molecule is CCN(Sc1ccc(OC)cc1)C(=O)OCc1ccccc1. The maximum atomic E-state index is 12.1. The second kappa shape index (κ2) is 8.34. The third-order valence-corrected chi connectivity index (χ3v) is 4.08. The van der Waals surface area contributed by atoms with Crippen LogP contribution in [0.25, 0.3) is 0 Å². The van der Waals surface area contributed by atoms with Crippen molar-refractivity contribution in [2.75, 3.05) is 13.7 Å². The van der Waals surface area contributed by atoms with E-state index in [-0.39, 0.29) is 12.7 Å². The second-order valence-electron chi connectivity index (χ2n) is 4.50. The summed E-state index contributed by atoms with van der Waals surface area (Å²) in [6, 6.07) is 17.2. The third-order valence-electron chi connectivity index (χ3n) is 2.97. The summed E-state index contributed by atoms with van der Waals surface area (Å²) in [5.41, 5.74) is 0.973. The summed E-state index contributed by atoms with van der Waals surface area (Å²) in [6.45, 7) is 2.75. The molecule has 0 heterocycles. The number of hydrogen-bond donors (Lipinski definition) is 0. The predicted molar refractivity (Wildman–Crippen MR) is 87.9 cm³/mol. The van der Waals surface area contributed by atoms with Crippen molar-refractivity contribution in [3.8, 4) is 5.75 Å². The molecule has 0 atom stereocenters. The Hall–Kier alpha value is -2.14. The number of amides is 1. The molecule has 0 unspecified atom stereocenters. The Balaban J connectivity index is 1.90. The van der Waals surface area contributed by atoms with Crippen LogP contribution < -0.4 is 4.74 Å². The standard InChI is InChI=1S/C17H19NO3S/c1-3-18(22-16-11-9-15(20-2)10-12-16)17(19)21-13-14-7-5-4-6-8-14/h4-12H,3,13H2,1-2H3. The lowest BCUT2D eigenvalue weighted by molar-refractivity contribution is 0.122. The van der Waals surface area contributed by atoms with Crippen molar-refractivity contribution in [3.63, 3.8) is 0 Å². The topological polar surface area (TPSA) is 38.8 Å². The average Bonchev–Trinajstić information content (AvgIpc) is 2.59. The molecule has 5 heteroatoms. The van der Waals surface area contributed by atoms with Gasteiger partial charge in [-0.15, -0.1) is 0 Å². The van der Waals surface area contributed by atoms with E-state index in [9.17, 15) is 4.79 Å². The summed E-state index contributed by atoms with van der Waals surface area (Å²) < 4.78 is 12.0. The lowest BCUT2D eigenvalue weighted by Crippen LogP contribution is -2.24. The number of ether oxygens (including phenoxy) is 2. The zero-order valence-corrected chi connectivity index (χ0v) is 13.5. The first-order valence-corrected chi connectivity index (χ1v) is 7.80. The highest BCUT2D eigenvalue weighted by Gasteiger charge is 2.15. The molecule has 0 aliphatic carbocycles.